The molecule has 1 aromatic carbocycles. The molecule has 1 N–H and O–H groups in total. The predicted molar refractivity (Wildman–Crippen MR) is 86.0 cm³/mol. The Labute approximate surface area is 140 Å². The fourth-order valence-electron chi connectivity index (χ4n) is 2.59. The van der Waals surface area contributed by atoms with Gasteiger partial charge in [0.05, 0.1) is 18.1 Å². The average molecular weight is 332 g/mol. The molecule has 6 heteroatoms. The molecule has 0 saturated heterocycles. The van der Waals surface area contributed by atoms with Crippen molar-refractivity contribution in [2.24, 2.45) is 0 Å². The zero-order valence-electron chi connectivity index (χ0n) is 13.7. The number of phenols is 1. The van der Waals surface area contributed by atoms with E-state index in [2.05, 4.69) is 0 Å². The molecule has 0 fully saturated rings. The van der Waals surface area contributed by atoms with Crippen molar-refractivity contribution in [3.8, 4) is 11.5 Å². The third kappa shape index (κ3) is 4.68. The molecule has 0 amide bonds. The summed E-state index contributed by atoms with van der Waals surface area (Å²) in [5.41, 5.74) is 0.350. The summed E-state index contributed by atoms with van der Waals surface area (Å²) >= 11 is 0. The van der Waals surface area contributed by atoms with Crippen molar-refractivity contribution in [2.75, 3.05) is 0 Å². The molecule has 1 heterocycles. The largest absolute Gasteiger partial charge is 0.508 e. The van der Waals surface area contributed by atoms with Crippen molar-refractivity contribution in [3.05, 3.63) is 35.4 Å². The number of cyclic esters (lactones) is 1. The number of hydrogen-bond acceptors (Lipinski definition) is 6. The van der Waals surface area contributed by atoms with Crippen molar-refractivity contribution < 1.29 is 29.0 Å². The van der Waals surface area contributed by atoms with Crippen LogP contribution in [0.3, 0.4) is 0 Å². The number of rotatable bonds is 1. The fourth-order valence-corrected chi connectivity index (χ4v) is 2.59. The first-order valence-corrected chi connectivity index (χ1v) is 7.81. The number of ketones is 1. The molecule has 2 rings (SSSR count). The van der Waals surface area contributed by atoms with E-state index in [1.807, 2.05) is 6.92 Å². The maximum atomic E-state index is 12.5. The van der Waals surface area contributed by atoms with Crippen molar-refractivity contribution >= 4 is 17.7 Å². The molecule has 0 aliphatic carbocycles. The molecule has 1 aromatic rings. The molecule has 6 nitrogen and oxygen atoms in total. The Bertz CT molecular complexity index is 689. The summed E-state index contributed by atoms with van der Waals surface area (Å²) in [5, 5.41) is 9.82. The number of benzene rings is 1. The van der Waals surface area contributed by atoms with Crippen LogP contribution in [0.15, 0.2) is 24.3 Å². The van der Waals surface area contributed by atoms with Gasteiger partial charge in [-0.15, -0.1) is 0 Å². The SMILES string of the molecule is CC(=O)Oc1cc(O)cc2c1C(=O)C=CCCCC(C)OC(=O)C2. The smallest absolute Gasteiger partial charge is 0.310 e. The van der Waals surface area contributed by atoms with Crippen molar-refractivity contribution in [3.63, 3.8) is 0 Å². The Kier molecular flexibility index (Phi) is 5.73. The van der Waals surface area contributed by atoms with Crippen LogP contribution < -0.4 is 4.74 Å². The zero-order valence-corrected chi connectivity index (χ0v) is 13.7. The Morgan fingerprint density at radius 3 is 2.79 bits per heavy atom. The Morgan fingerprint density at radius 1 is 1.33 bits per heavy atom. The lowest BCUT2D eigenvalue weighted by atomic mass is 9.98. The Balaban J connectivity index is 2.51. The molecule has 0 bridgehead atoms. The minimum Gasteiger partial charge on any atom is -0.508 e. The monoisotopic (exact) mass is 332 g/mol. The normalized spacial score (nSPS) is 18.8. The van der Waals surface area contributed by atoms with E-state index in [4.69, 9.17) is 9.47 Å². The van der Waals surface area contributed by atoms with Gasteiger partial charge >= 0.3 is 11.9 Å². The van der Waals surface area contributed by atoms with Gasteiger partial charge in [-0.3, -0.25) is 14.4 Å². The van der Waals surface area contributed by atoms with Gasteiger partial charge in [0.2, 0.25) is 0 Å². The second-order valence-electron chi connectivity index (χ2n) is 5.75. The van der Waals surface area contributed by atoms with Gasteiger partial charge in [-0.2, -0.15) is 0 Å². The number of carbonyl (C=O) groups is 3. The summed E-state index contributed by atoms with van der Waals surface area (Å²) in [7, 11) is 0. The quantitative estimate of drug-likeness (QED) is 0.628. The molecular formula is C18H20O6. The summed E-state index contributed by atoms with van der Waals surface area (Å²) in [6.07, 6.45) is 4.89. The Morgan fingerprint density at radius 2 is 2.08 bits per heavy atom. The van der Waals surface area contributed by atoms with Crippen LogP contribution in [-0.2, 0) is 20.7 Å². The topological polar surface area (TPSA) is 89.9 Å². The van der Waals surface area contributed by atoms with Gasteiger partial charge in [0, 0.05) is 13.0 Å². The third-order valence-corrected chi connectivity index (χ3v) is 3.59. The maximum Gasteiger partial charge on any atom is 0.310 e. The minimum atomic E-state index is -0.623. The molecule has 1 aliphatic rings. The zero-order chi connectivity index (χ0) is 17.7. The van der Waals surface area contributed by atoms with Gasteiger partial charge in [-0.1, -0.05) is 6.08 Å². The van der Waals surface area contributed by atoms with Gasteiger partial charge in [0.1, 0.15) is 11.5 Å². The summed E-state index contributed by atoms with van der Waals surface area (Å²) in [6, 6.07) is 2.50. The highest BCUT2D eigenvalue weighted by molar-refractivity contribution is 6.08. The third-order valence-electron chi connectivity index (χ3n) is 3.59. The number of allylic oxidation sites excluding steroid dienone is 2. The maximum absolute atomic E-state index is 12.5. The van der Waals surface area contributed by atoms with E-state index in [0.29, 0.717) is 12.8 Å². The van der Waals surface area contributed by atoms with E-state index in [0.717, 1.165) is 6.42 Å². The molecule has 0 spiro atoms. The number of fused-ring (bicyclic) bond motifs is 1. The number of esters is 2. The lowest BCUT2D eigenvalue weighted by molar-refractivity contribution is -0.147. The van der Waals surface area contributed by atoms with Crippen LogP contribution in [0, 0.1) is 0 Å². The molecule has 128 valence electrons. The highest BCUT2D eigenvalue weighted by atomic mass is 16.5. The molecule has 1 unspecified atom stereocenters. The van der Waals surface area contributed by atoms with E-state index in [1.165, 1.54) is 25.1 Å². The summed E-state index contributed by atoms with van der Waals surface area (Å²) < 4.78 is 10.4. The van der Waals surface area contributed by atoms with Crippen LogP contribution >= 0.6 is 0 Å². The van der Waals surface area contributed by atoms with Crippen LogP contribution in [0.1, 0.15) is 49.0 Å². The van der Waals surface area contributed by atoms with Gasteiger partial charge < -0.3 is 14.6 Å². The molecule has 1 atom stereocenters. The molecule has 1 aliphatic heterocycles. The molecule has 24 heavy (non-hydrogen) atoms. The van der Waals surface area contributed by atoms with Crippen LogP contribution in [0.25, 0.3) is 0 Å². The van der Waals surface area contributed by atoms with Gasteiger partial charge in [0.25, 0.3) is 0 Å². The van der Waals surface area contributed by atoms with E-state index in [-0.39, 0.29) is 40.9 Å². The van der Waals surface area contributed by atoms with Crippen LogP contribution in [0.5, 0.6) is 11.5 Å². The van der Waals surface area contributed by atoms with Crippen LogP contribution in [0.2, 0.25) is 0 Å². The number of aromatic hydroxyl groups is 1. The fraction of sp³-hybridized carbons (Fsp3) is 0.389. The minimum absolute atomic E-state index is 0.0648. The number of hydrogen-bond donors (Lipinski definition) is 1. The van der Waals surface area contributed by atoms with E-state index in [1.54, 1.807) is 6.08 Å². The van der Waals surface area contributed by atoms with Crippen LogP contribution in [0.4, 0.5) is 0 Å². The number of ether oxygens (including phenoxy) is 2. The Hall–Kier alpha value is -2.63. The van der Waals surface area contributed by atoms with Crippen LogP contribution in [-0.4, -0.2) is 28.9 Å². The first-order chi connectivity index (χ1) is 11.4. The standard InChI is InChI=1S/C18H20O6/c1-11-6-4-3-5-7-15(21)18-13(9-17(22)23-11)8-14(20)10-16(18)24-12(2)19/h5,7-8,10-11,20H,3-4,6,9H2,1-2H3. The van der Waals surface area contributed by atoms with Crippen molar-refractivity contribution in [1.29, 1.82) is 0 Å². The molecule has 0 radical (unpaired) electrons. The summed E-state index contributed by atoms with van der Waals surface area (Å²) in [6.45, 7) is 3.01. The lowest BCUT2D eigenvalue weighted by Gasteiger charge is -2.16. The summed E-state index contributed by atoms with van der Waals surface area (Å²) in [4.78, 5) is 35.9. The van der Waals surface area contributed by atoms with Crippen molar-refractivity contribution in [2.45, 2.75) is 45.6 Å². The van der Waals surface area contributed by atoms with E-state index in [9.17, 15) is 19.5 Å². The molecule has 0 aromatic heterocycles. The van der Waals surface area contributed by atoms with E-state index < -0.39 is 11.9 Å². The summed E-state index contributed by atoms with van der Waals surface area (Å²) in [5.74, 6) is -1.77. The highest BCUT2D eigenvalue weighted by Crippen LogP contribution is 2.30. The van der Waals surface area contributed by atoms with Gasteiger partial charge in [-0.25, -0.2) is 0 Å². The first-order valence-electron chi connectivity index (χ1n) is 7.81. The molecule has 0 saturated carbocycles. The second kappa shape index (κ2) is 7.77. The number of phenolic OH excluding ortho intramolecular Hbond substituents is 1. The van der Waals surface area contributed by atoms with Gasteiger partial charge in [0.15, 0.2) is 5.78 Å². The highest BCUT2D eigenvalue weighted by Gasteiger charge is 2.22. The average Bonchev–Trinajstić information content (AvgIpc) is 2.44. The lowest BCUT2D eigenvalue weighted by Crippen LogP contribution is -2.19. The van der Waals surface area contributed by atoms with Crippen molar-refractivity contribution in [1.82, 2.24) is 0 Å². The first kappa shape index (κ1) is 17.7. The predicted octanol–water partition coefficient (Wildman–Crippen LogP) is 2.71. The molecular weight excluding hydrogens is 312 g/mol. The second-order valence-corrected chi connectivity index (χ2v) is 5.75. The number of carbonyl (C=O) groups excluding carboxylic acids is 3. The van der Waals surface area contributed by atoms with Gasteiger partial charge in [-0.05, 0) is 43.9 Å². The van der Waals surface area contributed by atoms with E-state index >= 15 is 0 Å².